The largest absolute Gasteiger partial charge is 0.465 e. The number of nitrogens with one attached hydrogen (secondary N) is 2. The summed E-state index contributed by atoms with van der Waals surface area (Å²) in [4.78, 5) is 16.3. The van der Waals surface area contributed by atoms with Crippen molar-refractivity contribution in [2.45, 2.75) is 51.2 Å². The fourth-order valence-electron chi connectivity index (χ4n) is 1.69. The Kier molecular flexibility index (Phi) is 7.01. The highest BCUT2D eigenvalue weighted by molar-refractivity contribution is 7.99. The maximum Gasteiger partial charge on any atom is 0.326 e. The van der Waals surface area contributed by atoms with Crippen LogP contribution < -0.4 is 5.32 Å². The molecule has 1 aromatic heterocycles. The first-order valence-corrected chi connectivity index (χ1v) is 7.94. The normalized spacial score (nSPS) is 14.0. The van der Waals surface area contributed by atoms with E-state index in [1.807, 2.05) is 20.8 Å². The van der Waals surface area contributed by atoms with Crippen LogP contribution in [0, 0.1) is 6.92 Å². The zero-order valence-corrected chi connectivity index (χ0v) is 13.5. The lowest BCUT2D eigenvalue weighted by atomic mass is 9.99. The minimum absolute atomic E-state index is 0.194. The third kappa shape index (κ3) is 5.13. The average molecular weight is 300 g/mol. The van der Waals surface area contributed by atoms with Gasteiger partial charge in [0.05, 0.1) is 6.61 Å². The predicted octanol–water partition coefficient (Wildman–Crippen LogP) is 1.92. The minimum Gasteiger partial charge on any atom is -0.465 e. The molecule has 0 saturated heterocycles. The first kappa shape index (κ1) is 17.0. The molecule has 1 aromatic rings. The van der Waals surface area contributed by atoms with Gasteiger partial charge in [0, 0.05) is 5.75 Å². The zero-order chi connectivity index (χ0) is 15.0. The summed E-state index contributed by atoms with van der Waals surface area (Å²) in [6, 6.07) is 0. The van der Waals surface area contributed by atoms with Crippen LogP contribution in [-0.4, -0.2) is 45.6 Å². The van der Waals surface area contributed by atoms with Crippen LogP contribution in [0.15, 0.2) is 5.16 Å². The molecule has 0 aliphatic carbocycles. The summed E-state index contributed by atoms with van der Waals surface area (Å²) in [5, 5.41) is 10.9. The van der Waals surface area contributed by atoms with Crippen molar-refractivity contribution in [3.8, 4) is 0 Å². The first-order valence-electron chi connectivity index (χ1n) is 6.96. The molecule has 0 radical (unpaired) electrons. The Hall–Kier alpha value is -1.08. The fraction of sp³-hybridized carbons (Fsp3) is 0.769. The van der Waals surface area contributed by atoms with E-state index in [4.69, 9.17) is 4.74 Å². The van der Waals surface area contributed by atoms with E-state index >= 15 is 0 Å². The maximum absolute atomic E-state index is 12.1. The van der Waals surface area contributed by atoms with Gasteiger partial charge in [0.2, 0.25) is 5.16 Å². The van der Waals surface area contributed by atoms with Gasteiger partial charge in [-0.3, -0.25) is 9.89 Å². The molecule has 7 heteroatoms. The minimum atomic E-state index is -0.648. The van der Waals surface area contributed by atoms with Crippen LogP contribution in [0.2, 0.25) is 0 Å². The topological polar surface area (TPSA) is 79.9 Å². The molecule has 0 spiro atoms. The smallest absolute Gasteiger partial charge is 0.326 e. The summed E-state index contributed by atoms with van der Waals surface area (Å²) in [6.07, 6.45) is 1.65. The number of aromatic nitrogens is 3. The van der Waals surface area contributed by atoms with Gasteiger partial charge in [-0.25, -0.2) is 4.98 Å². The van der Waals surface area contributed by atoms with Crippen LogP contribution in [0.4, 0.5) is 0 Å². The van der Waals surface area contributed by atoms with Crippen molar-refractivity contribution in [2.24, 2.45) is 0 Å². The predicted molar refractivity (Wildman–Crippen MR) is 79.8 cm³/mol. The molecule has 0 aliphatic heterocycles. The Labute approximate surface area is 124 Å². The molecule has 0 bridgehead atoms. The average Bonchev–Trinajstić information content (AvgIpc) is 2.82. The third-order valence-electron chi connectivity index (χ3n) is 2.90. The maximum atomic E-state index is 12.1. The van der Waals surface area contributed by atoms with Gasteiger partial charge in [-0.1, -0.05) is 18.7 Å². The third-order valence-corrected chi connectivity index (χ3v) is 3.75. The van der Waals surface area contributed by atoms with Crippen LogP contribution in [-0.2, 0) is 9.53 Å². The molecule has 0 aliphatic rings. The van der Waals surface area contributed by atoms with Crippen molar-refractivity contribution in [1.29, 1.82) is 0 Å². The summed E-state index contributed by atoms with van der Waals surface area (Å²) in [5.41, 5.74) is -0.648. The van der Waals surface area contributed by atoms with Gasteiger partial charge in [0.25, 0.3) is 0 Å². The number of H-pyrrole nitrogens is 1. The highest BCUT2D eigenvalue weighted by Gasteiger charge is 2.33. The van der Waals surface area contributed by atoms with Gasteiger partial charge in [-0.2, -0.15) is 0 Å². The number of hydrogen-bond donors (Lipinski definition) is 2. The van der Waals surface area contributed by atoms with Crippen molar-refractivity contribution >= 4 is 17.7 Å². The number of carbonyl (C=O) groups is 1. The highest BCUT2D eigenvalue weighted by atomic mass is 32.2. The highest BCUT2D eigenvalue weighted by Crippen LogP contribution is 2.20. The van der Waals surface area contributed by atoms with E-state index in [9.17, 15) is 4.79 Å². The Morgan fingerprint density at radius 2 is 2.25 bits per heavy atom. The van der Waals surface area contributed by atoms with Gasteiger partial charge >= 0.3 is 5.97 Å². The first-order chi connectivity index (χ1) is 9.51. The van der Waals surface area contributed by atoms with Gasteiger partial charge in [0.1, 0.15) is 11.4 Å². The summed E-state index contributed by atoms with van der Waals surface area (Å²) >= 11 is 1.54. The summed E-state index contributed by atoms with van der Waals surface area (Å²) in [7, 11) is 0. The van der Waals surface area contributed by atoms with E-state index in [2.05, 4.69) is 27.4 Å². The van der Waals surface area contributed by atoms with E-state index in [0.29, 0.717) is 18.2 Å². The number of rotatable bonds is 9. The standard InChI is InChI=1S/C13H24N4O2S/c1-5-8-14-13(4,11(18)19-6-2)7-9-20-12-15-10(3)16-17-12/h14H,5-9H2,1-4H3,(H,15,16,17). The van der Waals surface area contributed by atoms with Gasteiger partial charge in [-0.15, -0.1) is 5.10 Å². The molecular formula is C13H24N4O2S. The van der Waals surface area contributed by atoms with Gasteiger partial charge in [-0.05, 0) is 40.2 Å². The molecule has 1 atom stereocenters. The van der Waals surface area contributed by atoms with E-state index in [1.54, 1.807) is 0 Å². The van der Waals surface area contributed by atoms with Crippen LogP contribution in [0.1, 0.15) is 39.4 Å². The van der Waals surface area contributed by atoms with Crippen LogP contribution >= 0.6 is 11.8 Å². The van der Waals surface area contributed by atoms with Gasteiger partial charge < -0.3 is 10.1 Å². The van der Waals surface area contributed by atoms with Crippen LogP contribution in [0.5, 0.6) is 0 Å². The lowest BCUT2D eigenvalue weighted by molar-refractivity contribution is -0.150. The van der Waals surface area contributed by atoms with Crippen LogP contribution in [0.3, 0.4) is 0 Å². The van der Waals surface area contributed by atoms with Crippen molar-refractivity contribution in [1.82, 2.24) is 20.5 Å². The molecule has 1 unspecified atom stereocenters. The molecule has 0 aromatic carbocycles. The number of carbonyl (C=O) groups excluding carboxylic acids is 1. The summed E-state index contributed by atoms with van der Waals surface area (Å²) in [5.74, 6) is 1.36. The number of ether oxygens (including phenoxy) is 1. The van der Waals surface area contributed by atoms with E-state index in [1.165, 1.54) is 11.8 Å². The van der Waals surface area contributed by atoms with E-state index < -0.39 is 5.54 Å². The Balaban J connectivity index is 2.53. The Morgan fingerprint density at radius 1 is 1.50 bits per heavy atom. The summed E-state index contributed by atoms with van der Waals surface area (Å²) in [6.45, 7) is 8.84. The zero-order valence-electron chi connectivity index (χ0n) is 12.7. The number of aromatic amines is 1. The van der Waals surface area contributed by atoms with Crippen molar-refractivity contribution < 1.29 is 9.53 Å². The SMILES string of the molecule is CCCNC(C)(CCSc1n[nH]c(C)n1)C(=O)OCC. The van der Waals surface area contributed by atoms with Crippen molar-refractivity contribution in [3.05, 3.63) is 5.82 Å². The quantitative estimate of drug-likeness (QED) is 0.536. The lowest BCUT2D eigenvalue weighted by Crippen LogP contribution is -2.51. The Morgan fingerprint density at radius 3 is 2.80 bits per heavy atom. The lowest BCUT2D eigenvalue weighted by Gasteiger charge is -2.28. The number of nitrogens with zero attached hydrogens (tertiary/aromatic N) is 2. The molecule has 6 nitrogen and oxygen atoms in total. The second-order valence-electron chi connectivity index (χ2n) is 4.78. The molecule has 114 valence electrons. The second kappa shape index (κ2) is 8.26. The molecule has 20 heavy (non-hydrogen) atoms. The number of thioether (sulfide) groups is 1. The van der Waals surface area contributed by atoms with Crippen LogP contribution in [0.25, 0.3) is 0 Å². The molecular weight excluding hydrogens is 276 g/mol. The van der Waals surface area contributed by atoms with Gasteiger partial charge in [0.15, 0.2) is 0 Å². The molecule has 1 rings (SSSR count). The summed E-state index contributed by atoms with van der Waals surface area (Å²) < 4.78 is 5.16. The monoisotopic (exact) mass is 300 g/mol. The molecule has 0 saturated carbocycles. The van der Waals surface area contributed by atoms with E-state index in [0.717, 1.165) is 24.5 Å². The van der Waals surface area contributed by atoms with Crippen molar-refractivity contribution in [3.63, 3.8) is 0 Å². The number of aryl methyl sites for hydroxylation is 1. The van der Waals surface area contributed by atoms with E-state index in [-0.39, 0.29) is 5.97 Å². The van der Waals surface area contributed by atoms with Crippen molar-refractivity contribution in [2.75, 3.05) is 18.9 Å². The number of esters is 1. The fourth-order valence-corrected chi connectivity index (χ4v) is 2.69. The molecule has 1 heterocycles. The number of hydrogen-bond acceptors (Lipinski definition) is 6. The molecule has 0 fully saturated rings. The molecule has 2 N–H and O–H groups in total. The Bertz CT molecular complexity index is 424. The molecule has 0 amide bonds. The second-order valence-corrected chi connectivity index (χ2v) is 5.84.